The third-order valence-corrected chi connectivity index (χ3v) is 4.65. The number of carboxylic acid groups (broad SMARTS) is 1. The van der Waals surface area contributed by atoms with Gasteiger partial charge in [0, 0.05) is 12.4 Å². The molecule has 0 saturated carbocycles. The summed E-state index contributed by atoms with van der Waals surface area (Å²) >= 11 is 0. The maximum Gasteiger partial charge on any atom is 0.496 e. The number of carbonyl (C=O) groups excluding carboxylic acids is 1. The lowest BCUT2D eigenvalue weighted by Gasteiger charge is -2.32. The highest BCUT2D eigenvalue weighted by molar-refractivity contribution is 6.64. The second kappa shape index (κ2) is 6.69. The van der Waals surface area contributed by atoms with Crippen molar-refractivity contribution in [3.05, 3.63) is 23.3 Å². The molecule has 0 spiro atoms. The predicted molar refractivity (Wildman–Crippen MR) is 91.1 cm³/mol. The summed E-state index contributed by atoms with van der Waals surface area (Å²) in [6, 6.07) is 3.17. The minimum absolute atomic E-state index is 0.0642. The van der Waals surface area contributed by atoms with E-state index in [1.165, 1.54) is 20.1 Å². The van der Waals surface area contributed by atoms with E-state index in [4.69, 9.17) is 18.8 Å². The molecular weight excluding hydrogens is 327 g/mol. The molecule has 1 aromatic carbocycles. The third-order valence-electron chi connectivity index (χ3n) is 4.65. The van der Waals surface area contributed by atoms with Crippen LogP contribution in [0.15, 0.2) is 12.1 Å². The number of hydrogen-bond donors (Lipinski definition) is 1. The Kier molecular flexibility index (Phi) is 5.15. The molecule has 0 radical (unpaired) electrons. The van der Waals surface area contributed by atoms with Gasteiger partial charge in [-0.15, -0.1) is 0 Å². The number of methoxy groups -OCH3 is 1. The first kappa shape index (κ1) is 19.3. The minimum Gasteiger partial charge on any atom is -0.496 e. The van der Waals surface area contributed by atoms with Gasteiger partial charge in [-0.05, 0) is 39.3 Å². The van der Waals surface area contributed by atoms with E-state index in [0.29, 0.717) is 11.0 Å². The van der Waals surface area contributed by atoms with Crippen LogP contribution in [0.5, 0.6) is 5.75 Å². The van der Waals surface area contributed by atoms with E-state index >= 15 is 0 Å². The van der Waals surface area contributed by atoms with Gasteiger partial charge in [-0.1, -0.05) is 6.07 Å². The van der Waals surface area contributed by atoms with Crippen LogP contribution < -0.4 is 10.2 Å². The molecule has 0 bridgehead atoms. The molecule has 1 heterocycles. The number of benzene rings is 1. The van der Waals surface area contributed by atoms with Gasteiger partial charge in [-0.3, -0.25) is 4.79 Å². The lowest BCUT2D eigenvalue weighted by Crippen LogP contribution is -2.41. The maximum absolute atomic E-state index is 11.9. The zero-order valence-corrected chi connectivity index (χ0v) is 15.3. The van der Waals surface area contributed by atoms with Gasteiger partial charge in [-0.2, -0.15) is 0 Å². The number of rotatable bonds is 5. The van der Waals surface area contributed by atoms with E-state index in [-0.39, 0.29) is 17.9 Å². The first-order chi connectivity index (χ1) is 11.5. The Labute approximate surface area is 147 Å². The molecule has 2 rings (SSSR count). The zero-order valence-electron chi connectivity index (χ0n) is 15.3. The molecule has 7 nitrogen and oxygen atoms in total. The molecule has 0 aromatic heterocycles. The Morgan fingerprint density at radius 2 is 1.72 bits per heavy atom. The molecule has 0 unspecified atom stereocenters. The van der Waals surface area contributed by atoms with Crippen LogP contribution in [0, 0.1) is 0 Å². The monoisotopic (exact) mass is 350 g/mol. The summed E-state index contributed by atoms with van der Waals surface area (Å²) in [6.07, 6.45) is 0. The number of hydrogen-bond acceptors (Lipinski definition) is 6. The summed E-state index contributed by atoms with van der Waals surface area (Å²) in [4.78, 5) is 23.0. The summed E-state index contributed by atoms with van der Waals surface area (Å²) in [5.41, 5.74) is -0.561. The van der Waals surface area contributed by atoms with Gasteiger partial charge in [0.05, 0.1) is 18.3 Å². The van der Waals surface area contributed by atoms with Crippen molar-refractivity contribution in [3.8, 4) is 5.75 Å². The van der Waals surface area contributed by atoms with Crippen molar-refractivity contribution in [1.29, 1.82) is 0 Å². The van der Waals surface area contributed by atoms with E-state index in [2.05, 4.69) is 0 Å². The Hall–Kier alpha value is -2.06. The van der Waals surface area contributed by atoms with Crippen molar-refractivity contribution in [2.24, 2.45) is 0 Å². The Morgan fingerprint density at radius 3 is 2.16 bits per heavy atom. The summed E-state index contributed by atoms with van der Waals surface area (Å²) in [5.74, 6) is -1.46. The van der Waals surface area contributed by atoms with Crippen molar-refractivity contribution >= 4 is 24.5 Å². The molecule has 0 atom stereocenters. The minimum atomic E-state index is -1.17. The molecular formula is C17H23BO7. The molecule has 0 amide bonds. The fourth-order valence-corrected chi connectivity index (χ4v) is 2.57. The van der Waals surface area contributed by atoms with Crippen LogP contribution in [-0.2, 0) is 25.4 Å². The van der Waals surface area contributed by atoms with Crippen molar-refractivity contribution in [3.63, 3.8) is 0 Å². The van der Waals surface area contributed by atoms with Crippen LogP contribution in [-0.4, -0.2) is 42.5 Å². The van der Waals surface area contributed by atoms with Crippen LogP contribution in [0.1, 0.15) is 50.5 Å². The fourth-order valence-electron chi connectivity index (χ4n) is 2.57. The van der Waals surface area contributed by atoms with Crippen LogP contribution >= 0.6 is 0 Å². The molecule has 1 aliphatic rings. The number of ether oxygens (including phenoxy) is 2. The van der Waals surface area contributed by atoms with E-state index in [1.54, 1.807) is 6.07 Å². The molecule has 1 fully saturated rings. The Morgan fingerprint density at radius 1 is 1.16 bits per heavy atom. The van der Waals surface area contributed by atoms with Gasteiger partial charge in [0.25, 0.3) is 0 Å². The highest BCUT2D eigenvalue weighted by atomic mass is 16.7. The maximum atomic E-state index is 11.9. The summed E-state index contributed by atoms with van der Waals surface area (Å²) in [6.45, 7) is 8.70. The Bertz CT molecular complexity index is 680. The highest BCUT2D eigenvalue weighted by Gasteiger charge is 2.53. The van der Waals surface area contributed by atoms with Gasteiger partial charge in [0.2, 0.25) is 0 Å². The predicted octanol–water partition coefficient (Wildman–Crippen LogP) is 1.76. The molecule has 0 aliphatic carbocycles. The molecule has 1 aromatic rings. The second-order valence-corrected chi connectivity index (χ2v) is 6.89. The van der Waals surface area contributed by atoms with Crippen LogP contribution in [0.3, 0.4) is 0 Å². The van der Waals surface area contributed by atoms with Gasteiger partial charge >= 0.3 is 19.1 Å². The molecule has 136 valence electrons. The molecule has 8 heteroatoms. The largest absolute Gasteiger partial charge is 0.496 e. The molecule has 1 N–H and O–H groups in total. The van der Waals surface area contributed by atoms with Gasteiger partial charge in [0.15, 0.2) is 0 Å². The van der Waals surface area contributed by atoms with E-state index in [0.717, 1.165) is 0 Å². The van der Waals surface area contributed by atoms with E-state index in [1.807, 2.05) is 27.7 Å². The van der Waals surface area contributed by atoms with Crippen LogP contribution in [0.25, 0.3) is 0 Å². The van der Waals surface area contributed by atoms with Gasteiger partial charge in [0.1, 0.15) is 17.9 Å². The van der Waals surface area contributed by atoms with E-state index in [9.17, 15) is 14.7 Å². The first-order valence-electron chi connectivity index (χ1n) is 7.92. The van der Waals surface area contributed by atoms with Crippen LogP contribution in [0.4, 0.5) is 0 Å². The van der Waals surface area contributed by atoms with Crippen molar-refractivity contribution < 1.29 is 33.5 Å². The summed E-state index contributed by atoms with van der Waals surface area (Å²) in [7, 11) is 0.471. The van der Waals surface area contributed by atoms with Gasteiger partial charge in [-0.25, -0.2) is 4.79 Å². The average Bonchev–Trinajstić information content (AvgIpc) is 2.71. The van der Waals surface area contributed by atoms with Crippen molar-refractivity contribution in [2.75, 3.05) is 7.11 Å². The number of esters is 1. The normalized spacial score (nSPS) is 18.1. The Balaban J connectivity index is 2.59. The molecule has 1 saturated heterocycles. The highest BCUT2D eigenvalue weighted by Crippen LogP contribution is 2.37. The van der Waals surface area contributed by atoms with Gasteiger partial charge < -0.3 is 23.9 Å². The topological polar surface area (TPSA) is 91.3 Å². The molecule has 1 aliphatic heterocycles. The lowest BCUT2D eigenvalue weighted by molar-refractivity contribution is -0.142. The zero-order chi connectivity index (χ0) is 19.0. The van der Waals surface area contributed by atoms with E-state index < -0.39 is 30.3 Å². The average molecular weight is 350 g/mol. The number of carbonyl (C=O) groups is 2. The fraction of sp³-hybridized carbons (Fsp3) is 0.529. The van der Waals surface area contributed by atoms with Crippen molar-refractivity contribution in [1.82, 2.24) is 0 Å². The summed E-state index contributed by atoms with van der Waals surface area (Å²) < 4.78 is 22.3. The third kappa shape index (κ3) is 3.64. The summed E-state index contributed by atoms with van der Waals surface area (Å²) in [5, 5.41) is 9.70. The SMILES string of the molecule is COc1ccc(COC(C)=O)c(B2OC(C)(C)C(C)(C)O2)c1C(=O)O. The number of aromatic carboxylic acids is 1. The molecule has 25 heavy (non-hydrogen) atoms. The first-order valence-corrected chi connectivity index (χ1v) is 7.92. The second-order valence-electron chi connectivity index (χ2n) is 6.89. The standard InChI is InChI=1S/C17H23BO7/c1-10(19)23-9-11-7-8-12(22-6)13(15(20)21)14(11)18-24-16(2,3)17(4,5)25-18/h7-8H,9H2,1-6H3,(H,20,21). The smallest absolute Gasteiger partial charge is 0.496 e. The lowest BCUT2D eigenvalue weighted by atomic mass is 9.72. The quantitative estimate of drug-likeness (QED) is 0.639. The van der Waals surface area contributed by atoms with Crippen molar-refractivity contribution in [2.45, 2.75) is 52.4 Å². The van der Waals surface area contributed by atoms with Crippen LogP contribution in [0.2, 0.25) is 0 Å². The number of carboxylic acids is 1.